The van der Waals surface area contributed by atoms with Crippen LogP contribution < -0.4 is 10.1 Å². The monoisotopic (exact) mass is 476 g/mol. The van der Waals surface area contributed by atoms with Gasteiger partial charge in [-0.3, -0.25) is 14.9 Å². The lowest BCUT2D eigenvalue weighted by Gasteiger charge is -2.36. The third-order valence-electron chi connectivity index (χ3n) is 6.51. The van der Waals surface area contributed by atoms with E-state index in [0.717, 1.165) is 17.0 Å². The second-order valence-electron chi connectivity index (χ2n) is 8.77. The molecule has 1 aliphatic heterocycles. The number of allylic oxidation sites excluding steroid dienone is 3. The average molecular weight is 477 g/mol. The number of nitro groups is 1. The summed E-state index contributed by atoms with van der Waals surface area (Å²) in [4.78, 5) is 37.3. The molecule has 2 aliphatic rings. The smallest absolute Gasteiger partial charge is 0.336 e. The standard InChI is InChI=1S/C27H28N2O6/c1-4-13-35-27(31)24-16(2)28-22-14-19(17-7-11-21(34-3)12-8-17)15-23(30)26(22)25(24)18-5-9-20(10-6-18)29(32)33/h5-12,19,25,28H,4,13-15H2,1-3H3/t19-,25+/m0/s1. The molecule has 0 bridgehead atoms. The Morgan fingerprint density at radius 1 is 1.09 bits per heavy atom. The number of nitrogens with zero attached hydrogens (tertiary/aromatic N) is 1. The van der Waals surface area contributed by atoms with Gasteiger partial charge in [-0.1, -0.05) is 31.2 Å². The van der Waals surface area contributed by atoms with Gasteiger partial charge in [0.2, 0.25) is 0 Å². The number of hydrogen-bond acceptors (Lipinski definition) is 7. The molecule has 1 aliphatic carbocycles. The van der Waals surface area contributed by atoms with Crippen LogP contribution in [0.3, 0.4) is 0 Å². The van der Waals surface area contributed by atoms with Crippen LogP contribution in [0, 0.1) is 10.1 Å². The van der Waals surface area contributed by atoms with Gasteiger partial charge in [0.1, 0.15) is 5.75 Å². The maximum Gasteiger partial charge on any atom is 0.336 e. The zero-order chi connectivity index (χ0) is 25.1. The number of dihydropyridines is 1. The molecule has 0 fully saturated rings. The molecule has 0 aromatic heterocycles. The van der Waals surface area contributed by atoms with E-state index in [0.29, 0.717) is 41.7 Å². The van der Waals surface area contributed by atoms with Crippen molar-refractivity contribution in [1.29, 1.82) is 0 Å². The minimum Gasteiger partial charge on any atom is -0.497 e. The predicted octanol–water partition coefficient (Wildman–Crippen LogP) is 4.92. The number of hydrogen-bond donors (Lipinski definition) is 1. The Bertz CT molecular complexity index is 1210. The number of nitro benzene ring substituents is 1. The van der Waals surface area contributed by atoms with Crippen molar-refractivity contribution in [2.24, 2.45) is 0 Å². The van der Waals surface area contributed by atoms with E-state index in [2.05, 4.69) is 5.32 Å². The Hall–Kier alpha value is -3.94. The normalized spacial score (nSPS) is 19.7. The maximum atomic E-state index is 13.6. The number of carbonyl (C=O) groups is 2. The van der Waals surface area contributed by atoms with E-state index in [4.69, 9.17) is 9.47 Å². The summed E-state index contributed by atoms with van der Waals surface area (Å²) in [6.07, 6.45) is 1.57. The molecule has 8 nitrogen and oxygen atoms in total. The lowest BCUT2D eigenvalue weighted by molar-refractivity contribution is -0.384. The van der Waals surface area contributed by atoms with Crippen LogP contribution in [0.5, 0.6) is 5.75 Å². The van der Waals surface area contributed by atoms with Crippen LogP contribution in [0.1, 0.15) is 56.1 Å². The first-order valence-corrected chi connectivity index (χ1v) is 11.6. The Labute approximate surface area is 203 Å². The molecule has 0 spiro atoms. The summed E-state index contributed by atoms with van der Waals surface area (Å²) < 4.78 is 10.7. The molecule has 0 amide bonds. The molecule has 4 rings (SSSR count). The fraction of sp³-hybridized carbons (Fsp3) is 0.333. The molecular weight excluding hydrogens is 448 g/mol. The first-order valence-electron chi connectivity index (χ1n) is 11.6. The molecule has 2 aromatic rings. The molecule has 0 radical (unpaired) electrons. The molecule has 0 saturated heterocycles. The number of non-ortho nitro benzene ring substituents is 1. The lowest BCUT2D eigenvalue weighted by Crippen LogP contribution is -2.36. The molecule has 1 N–H and O–H groups in total. The van der Waals surface area contributed by atoms with Gasteiger partial charge in [0, 0.05) is 41.4 Å². The highest BCUT2D eigenvalue weighted by Crippen LogP contribution is 2.46. The number of benzene rings is 2. The van der Waals surface area contributed by atoms with Crippen LogP contribution in [0.2, 0.25) is 0 Å². The molecular formula is C27H28N2O6. The van der Waals surface area contributed by atoms with Crippen molar-refractivity contribution < 1.29 is 24.0 Å². The van der Waals surface area contributed by atoms with Gasteiger partial charge in [-0.2, -0.15) is 0 Å². The fourth-order valence-electron chi connectivity index (χ4n) is 4.82. The molecule has 8 heteroatoms. The van der Waals surface area contributed by atoms with E-state index in [-0.39, 0.29) is 24.0 Å². The number of ether oxygens (including phenoxy) is 2. The Balaban J connectivity index is 1.75. The summed E-state index contributed by atoms with van der Waals surface area (Å²) in [5, 5.41) is 14.5. The predicted molar refractivity (Wildman–Crippen MR) is 130 cm³/mol. The van der Waals surface area contributed by atoms with Crippen LogP contribution in [0.25, 0.3) is 0 Å². The van der Waals surface area contributed by atoms with E-state index in [1.54, 1.807) is 26.2 Å². The van der Waals surface area contributed by atoms with Gasteiger partial charge in [0.25, 0.3) is 5.69 Å². The topological polar surface area (TPSA) is 108 Å². The van der Waals surface area contributed by atoms with Crippen molar-refractivity contribution >= 4 is 17.4 Å². The van der Waals surface area contributed by atoms with Crippen molar-refractivity contribution in [2.75, 3.05) is 13.7 Å². The minimum atomic E-state index is -0.652. The van der Waals surface area contributed by atoms with Crippen LogP contribution in [0.15, 0.2) is 71.1 Å². The van der Waals surface area contributed by atoms with Crippen molar-refractivity contribution in [3.63, 3.8) is 0 Å². The Morgan fingerprint density at radius 3 is 2.34 bits per heavy atom. The highest BCUT2D eigenvalue weighted by molar-refractivity contribution is 6.04. The highest BCUT2D eigenvalue weighted by atomic mass is 16.6. The van der Waals surface area contributed by atoms with E-state index < -0.39 is 16.8 Å². The van der Waals surface area contributed by atoms with E-state index in [9.17, 15) is 19.7 Å². The van der Waals surface area contributed by atoms with Crippen LogP contribution in [-0.4, -0.2) is 30.4 Å². The van der Waals surface area contributed by atoms with Gasteiger partial charge in [-0.05, 0) is 48.9 Å². The van der Waals surface area contributed by atoms with Crippen LogP contribution in [-0.2, 0) is 14.3 Å². The van der Waals surface area contributed by atoms with Crippen molar-refractivity contribution in [3.8, 4) is 5.75 Å². The molecule has 2 atom stereocenters. The number of carbonyl (C=O) groups excluding carboxylic acids is 2. The highest BCUT2D eigenvalue weighted by Gasteiger charge is 2.41. The summed E-state index contributed by atoms with van der Waals surface area (Å²) in [6.45, 7) is 3.97. The molecule has 0 saturated carbocycles. The first-order chi connectivity index (χ1) is 16.8. The van der Waals surface area contributed by atoms with Gasteiger partial charge in [-0.15, -0.1) is 0 Å². The number of ketones is 1. The third kappa shape index (κ3) is 4.82. The van der Waals surface area contributed by atoms with Crippen LogP contribution >= 0.6 is 0 Å². The fourth-order valence-corrected chi connectivity index (χ4v) is 4.82. The van der Waals surface area contributed by atoms with Gasteiger partial charge < -0.3 is 14.8 Å². The molecule has 182 valence electrons. The number of rotatable bonds is 7. The lowest BCUT2D eigenvalue weighted by atomic mass is 9.71. The van der Waals surface area contributed by atoms with Gasteiger partial charge in [-0.25, -0.2) is 4.79 Å². The molecule has 0 unspecified atom stereocenters. The number of Topliss-reactive ketones (excluding diaryl/α,β-unsaturated/α-hetero) is 1. The van der Waals surface area contributed by atoms with E-state index in [1.807, 2.05) is 31.2 Å². The average Bonchev–Trinajstić information content (AvgIpc) is 2.86. The summed E-state index contributed by atoms with van der Waals surface area (Å²) in [5.74, 6) is -0.467. The largest absolute Gasteiger partial charge is 0.497 e. The summed E-state index contributed by atoms with van der Waals surface area (Å²) in [7, 11) is 1.61. The third-order valence-corrected chi connectivity index (χ3v) is 6.51. The second-order valence-corrected chi connectivity index (χ2v) is 8.77. The van der Waals surface area contributed by atoms with Crippen molar-refractivity contribution in [3.05, 3.63) is 92.3 Å². The number of esters is 1. The number of nitrogens with one attached hydrogen (secondary N) is 1. The molecule has 35 heavy (non-hydrogen) atoms. The van der Waals surface area contributed by atoms with Crippen molar-refractivity contribution in [1.82, 2.24) is 5.32 Å². The zero-order valence-corrected chi connectivity index (χ0v) is 20.0. The number of methoxy groups -OCH3 is 1. The van der Waals surface area contributed by atoms with Gasteiger partial charge in [0.15, 0.2) is 5.78 Å². The summed E-state index contributed by atoms with van der Waals surface area (Å²) in [5.41, 5.74) is 3.91. The molecule has 2 aromatic carbocycles. The summed E-state index contributed by atoms with van der Waals surface area (Å²) in [6, 6.07) is 13.7. The SMILES string of the molecule is CCCOC(=O)C1=C(C)NC2=C(C(=O)C[C@@H](c3ccc(OC)cc3)C2)[C@@H]1c1ccc([N+](=O)[O-])cc1. The summed E-state index contributed by atoms with van der Waals surface area (Å²) >= 11 is 0. The van der Waals surface area contributed by atoms with E-state index >= 15 is 0 Å². The minimum absolute atomic E-state index is 0.0152. The quantitative estimate of drug-likeness (QED) is 0.343. The van der Waals surface area contributed by atoms with Gasteiger partial charge >= 0.3 is 5.97 Å². The maximum absolute atomic E-state index is 13.6. The van der Waals surface area contributed by atoms with Crippen LogP contribution in [0.4, 0.5) is 5.69 Å². The Morgan fingerprint density at radius 2 is 1.74 bits per heavy atom. The first kappa shape index (κ1) is 24.2. The van der Waals surface area contributed by atoms with Crippen molar-refractivity contribution in [2.45, 2.75) is 44.9 Å². The Kier molecular flexibility index (Phi) is 7.00. The zero-order valence-electron chi connectivity index (χ0n) is 20.0. The van der Waals surface area contributed by atoms with E-state index in [1.165, 1.54) is 12.1 Å². The molecule has 1 heterocycles. The second kappa shape index (κ2) is 10.1. The van der Waals surface area contributed by atoms with Gasteiger partial charge in [0.05, 0.1) is 24.2 Å².